The third-order valence-electron chi connectivity index (χ3n) is 5.92. The average molecular weight is 443 g/mol. The largest absolute Gasteiger partial charge is 0.508 e. The van der Waals surface area contributed by atoms with Gasteiger partial charge >= 0.3 is 0 Å². The average Bonchev–Trinajstić information content (AvgIpc) is 2.84. The normalized spacial score (nSPS) is 15.5. The van der Waals surface area contributed by atoms with Crippen LogP contribution in [0.25, 0.3) is 17.3 Å². The van der Waals surface area contributed by atoms with Crippen molar-refractivity contribution in [2.45, 2.75) is 19.3 Å². The van der Waals surface area contributed by atoms with Gasteiger partial charge in [0, 0.05) is 36.3 Å². The van der Waals surface area contributed by atoms with Gasteiger partial charge in [-0.25, -0.2) is 9.97 Å². The van der Waals surface area contributed by atoms with E-state index < -0.39 is 0 Å². The first-order valence-corrected chi connectivity index (χ1v) is 11.2. The van der Waals surface area contributed by atoms with Crippen LogP contribution in [-0.2, 0) is 16.0 Å². The summed E-state index contributed by atoms with van der Waals surface area (Å²) in [6, 6.07) is 16.7. The topological polar surface area (TPSA) is 87.6 Å². The lowest BCUT2D eigenvalue weighted by molar-refractivity contribution is -0.115. The molecule has 1 aliphatic heterocycles. The lowest BCUT2D eigenvalue weighted by Crippen LogP contribution is -2.37. The van der Waals surface area contributed by atoms with Crippen LogP contribution in [0.5, 0.6) is 5.75 Å². The van der Waals surface area contributed by atoms with Crippen LogP contribution >= 0.6 is 0 Å². The molecule has 0 radical (unpaired) electrons. The molecule has 1 aromatic heterocycles. The van der Waals surface area contributed by atoms with Crippen molar-refractivity contribution < 1.29 is 14.6 Å². The molecule has 0 atom stereocenters. The zero-order chi connectivity index (χ0) is 22.6. The molecule has 2 heterocycles. The number of para-hydroxylation sites is 1. The number of ether oxygens (including phenoxy) is 1. The molecule has 3 aromatic rings. The molecule has 2 N–H and O–H groups in total. The van der Waals surface area contributed by atoms with Crippen LogP contribution in [0.4, 0.5) is 11.6 Å². The highest BCUT2D eigenvalue weighted by Crippen LogP contribution is 2.34. The number of benzene rings is 2. The predicted molar refractivity (Wildman–Crippen MR) is 128 cm³/mol. The summed E-state index contributed by atoms with van der Waals surface area (Å²) in [4.78, 5) is 24.5. The Morgan fingerprint density at radius 1 is 1.03 bits per heavy atom. The quantitative estimate of drug-likeness (QED) is 0.620. The molecule has 1 aliphatic carbocycles. The number of morpholine rings is 1. The predicted octanol–water partition coefficient (Wildman–Crippen LogP) is 4.04. The van der Waals surface area contributed by atoms with Gasteiger partial charge in [0.15, 0.2) is 0 Å². The Morgan fingerprint density at radius 2 is 1.85 bits per heavy atom. The number of aromatic hydroxyl groups is 1. The number of carbonyl (C=O) groups excluding carboxylic acids is 1. The van der Waals surface area contributed by atoms with Crippen molar-refractivity contribution >= 4 is 23.6 Å². The fraction of sp³-hybridized carbons (Fsp3) is 0.269. The van der Waals surface area contributed by atoms with Gasteiger partial charge in [0.2, 0.25) is 11.9 Å². The van der Waals surface area contributed by atoms with Crippen molar-refractivity contribution in [3.63, 3.8) is 0 Å². The number of hydrogen-bond acceptors (Lipinski definition) is 6. The van der Waals surface area contributed by atoms with Gasteiger partial charge < -0.3 is 20.1 Å². The van der Waals surface area contributed by atoms with Crippen LogP contribution in [0.2, 0.25) is 0 Å². The molecule has 168 valence electrons. The van der Waals surface area contributed by atoms with Gasteiger partial charge in [0.25, 0.3) is 0 Å². The van der Waals surface area contributed by atoms with Gasteiger partial charge in [-0.05, 0) is 43.2 Å². The second kappa shape index (κ2) is 9.42. The molecule has 0 unspecified atom stereocenters. The molecular formula is C26H26N4O3. The molecule has 5 rings (SSSR count). The Morgan fingerprint density at radius 3 is 2.64 bits per heavy atom. The van der Waals surface area contributed by atoms with E-state index in [1.807, 2.05) is 48.5 Å². The maximum absolute atomic E-state index is 12.6. The van der Waals surface area contributed by atoms with Gasteiger partial charge in [-0.2, -0.15) is 0 Å². The summed E-state index contributed by atoms with van der Waals surface area (Å²) < 4.78 is 5.49. The minimum Gasteiger partial charge on any atom is -0.508 e. The van der Waals surface area contributed by atoms with E-state index >= 15 is 0 Å². The number of nitrogens with one attached hydrogen (secondary N) is 1. The van der Waals surface area contributed by atoms with E-state index in [1.54, 1.807) is 12.1 Å². The molecule has 2 aliphatic rings. The molecule has 7 heteroatoms. The first kappa shape index (κ1) is 21.2. The standard InChI is InChI=1S/C26H26N4O3/c31-21-8-4-5-19(17-21)25-22-10-9-18(16-24(32)27-20-6-2-1-3-7-20)15-23(22)28-26(29-25)30-11-13-33-14-12-30/h1-8,15,17,31H,9-14,16H2,(H,27,32). The summed E-state index contributed by atoms with van der Waals surface area (Å²) in [6.07, 6.45) is 3.86. The molecule has 0 spiro atoms. The van der Waals surface area contributed by atoms with Gasteiger partial charge in [0.05, 0.1) is 24.6 Å². The van der Waals surface area contributed by atoms with E-state index in [9.17, 15) is 9.90 Å². The fourth-order valence-electron chi connectivity index (χ4n) is 4.28. The summed E-state index contributed by atoms with van der Waals surface area (Å²) in [7, 11) is 0. The minimum absolute atomic E-state index is 0.0356. The van der Waals surface area contributed by atoms with Crippen LogP contribution in [0.15, 0.2) is 60.2 Å². The van der Waals surface area contributed by atoms with E-state index in [-0.39, 0.29) is 11.7 Å². The minimum atomic E-state index is -0.0356. The zero-order valence-corrected chi connectivity index (χ0v) is 18.3. The van der Waals surface area contributed by atoms with Crippen LogP contribution in [0.1, 0.15) is 24.1 Å². The summed E-state index contributed by atoms with van der Waals surface area (Å²) >= 11 is 0. The molecule has 7 nitrogen and oxygen atoms in total. The highest BCUT2D eigenvalue weighted by atomic mass is 16.5. The molecule has 1 amide bonds. The Labute approximate surface area is 192 Å². The smallest absolute Gasteiger partial charge is 0.228 e. The number of phenolic OH excluding ortho intramolecular Hbond substituents is 1. The van der Waals surface area contributed by atoms with E-state index in [0.29, 0.717) is 25.6 Å². The van der Waals surface area contributed by atoms with Crippen LogP contribution in [0.3, 0.4) is 0 Å². The molecule has 33 heavy (non-hydrogen) atoms. The van der Waals surface area contributed by atoms with Crippen LogP contribution < -0.4 is 10.2 Å². The van der Waals surface area contributed by atoms with E-state index in [0.717, 1.165) is 59.7 Å². The first-order valence-electron chi connectivity index (χ1n) is 11.2. The Hall–Kier alpha value is -3.71. The number of phenols is 1. The van der Waals surface area contributed by atoms with E-state index in [1.165, 1.54) is 0 Å². The number of carbonyl (C=O) groups is 1. The van der Waals surface area contributed by atoms with Crippen LogP contribution in [0, 0.1) is 0 Å². The van der Waals surface area contributed by atoms with E-state index in [2.05, 4.69) is 10.2 Å². The number of anilines is 2. The van der Waals surface area contributed by atoms with Gasteiger partial charge in [-0.1, -0.05) is 35.9 Å². The zero-order valence-electron chi connectivity index (χ0n) is 18.3. The monoisotopic (exact) mass is 442 g/mol. The summed E-state index contributed by atoms with van der Waals surface area (Å²) in [5, 5.41) is 13.0. The number of nitrogens with zero attached hydrogens (tertiary/aromatic N) is 3. The molecule has 1 fully saturated rings. The van der Waals surface area contributed by atoms with Crippen LogP contribution in [-0.4, -0.2) is 47.3 Å². The Kier molecular flexibility index (Phi) is 6.04. The lowest BCUT2D eigenvalue weighted by Gasteiger charge is -2.28. The van der Waals surface area contributed by atoms with Crippen molar-refractivity contribution in [1.82, 2.24) is 9.97 Å². The van der Waals surface area contributed by atoms with Crippen molar-refractivity contribution in [3.05, 3.63) is 71.4 Å². The van der Waals surface area contributed by atoms with Crippen molar-refractivity contribution in [2.75, 3.05) is 36.5 Å². The number of amides is 1. The second-order valence-corrected chi connectivity index (χ2v) is 8.28. The third kappa shape index (κ3) is 4.88. The summed E-state index contributed by atoms with van der Waals surface area (Å²) in [5.41, 5.74) is 5.43. The van der Waals surface area contributed by atoms with Gasteiger partial charge in [-0.15, -0.1) is 0 Å². The molecule has 0 bridgehead atoms. The third-order valence-corrected chi connectivity index (χ3v) is 5.92. The number of aromatic nitrogens is 2. The van der Waals surface area contributed by atoms with Crippen molar-refractivity contribution in [1.29, 1.82) is 0 Å². The maximum Gasteiger partial charge on any atom is 0.228 e. The molecule has 0 saturated carbocycles. The Balaban J connectivity index is 1.47. The summed E-state index contributed by atoms with van der Waals surface area (Å²) in [6.45, 7) is 2.74. The molecule has 2 aromatic carbocycles. The molecule has 1 saturated heterocycles. The van der Waals surface area contributed by atoms with Gasteiger partial charge in [0.1, 0.15) is 5.75 Å². The summed E-state index contributed by atoms with van der Waals surface area (Å²) in [5.74, 6) is 0.825. The number of hydrogen-bond donors (Lipinski definition) is 2. The van der Waals surface area contributed by atoms with Crippen molar-refractivity contribution in [2.24, 2.45) is 0 Å². The number of fused-ring (bicyclic) bond motifs is 1. The van der Waals surface area contributed by atoms with E-state index in [4.69, 9.17) is 14.7 Å². The fourth-order valence-corrected chi connectivity index (χ4v) is 4.28. The highest BCUT2D eigenvalue weighted by Gasteiger charge is 2.23. The maximum atomic E-state index is 12.6. The number of rotatable bonds is 5. The second-order valence-electron chi connectivity index (χ2n) is 8.28. The lowest BCUT2D eigenvalue weighted by atomic mass is 9.90. The van der Waals surface area contributed by atoms with Gasteiger partial charge in [-0.3, -0.25) is 4.79 Å². The molecular weight excluding hydrogens is 416 g/mol. The Bertz CT molecular complexity index is 1190. The first-order chi connectivity index (χ1) is 16.2. The highest BCUT2D eigenvalue weighted by molar-refractivity contribution is 5.93. The SMILES string of the molecule is O=C(CC1=Cc2nc(N3CCOCC3)nc(-c3cccc(O)c3)c2CC1)Nc1ccccc1. The van der Waals surface area contributed by atoms with Crippen molar-refractivity contribution in [3.8, 4) is 17.0 Å².